The molecule has 4 rings (SSSR count). The zero-order valence-electron chi connectivity index (χ0n) is 11.9. The van der Waals surface area contributed by atoms with E-state index in [1.807, 2.05) is 19.1 Å². The van der Waals surface area contributed by atoms with Crippen molar-refractivity contribution in [1.29, 1.82) is 0 Å². The lowest BCUT2D eigenvalue weighted by Crippen LogP contribution is -2.10. The number of aryl methyl sites for hydroxylation is 1. The minimum atomic E-state index is -3.63. The van der Waals surface area contributed by atoms with Crippen LogP contribution in [0.5, 0.6) is 0 Å². The van der Waals surface area contributed by atoms with Crippen LogP contribution >= 0.6 is 34.3 Å². The van der Waals surface area contributed by atoms with Crippen LogP contribution in [0.4, 0.5) is 8.78 Å². The van der Waals surface area contributed by atoms with Crippen molar-refractivity contribution >= 4 is 39.2 Å². The molecule has 0 radical (unpaired) electrons. The molecule has 0 unspecified atom stereocenters. The van der Waals surface area contributed by atoms with Crippen LogP contribution in [0.15, 0.2) is 24.5 Å². The van der Waals surface area contributed by atoms with Crippen LogP contribution < -0.4 is 0 Å². The van der Waals surface area contributed by atoms with E-state index < -0.39 is 11.2 Å². The molecule has 0 aliphatic carbocycles. The molecular formula is C13H7ClF2N6S2. The molecule has 0 saturated heterocycles. The van der Waals surface area contributed by atoms with Crippen LogP contribution in [0.1, 0.15) is 11.5 Å². The summed E-state index contributed by atoms with van der Waals surface area (Å²) in [5.41, 5.74) is 1.69. The summed E-state index contributed by atoms with van der Waals surface area (Å²) in [4.78, 5) is 9.54. The number of hydrogen-bond donors (Lipinski definition) is 0. The minimum absolute atomic E-state index is 0.249. The first kappa shape index (κ1) is 15.5. The quantitative estimate of drug-likeness (QED) is 0.500. The molecule has 122 valence electrons. The first-order valence-corrected chi connectivity index (χ1v) is 8.62. The van der Waals surface area contributed by atoms with E-state index in [1.54, 1.807) is 12.4 Å². The molecular weight excluding hydrogens is 378 g/mol. The normalized spacial score (nSPS) is 12.2. The summed E-state index contributed by atoms with van der Waals surface area (Å²) >= 11 is 7.62. The highest BCUT2D eigenvalue weighted by atomic mass is 35.5. The van der Waals surface area contributed by atoms with Crippen molar-refractivity contribution in [2.45, 2.75) is 12.3 Å². The minimum Gasteiger partial charge on any atom is -0.265 e. The van der Waals surface area contributed by atoms with Gasteiger partial charge >= 0.3 is 5.38 Å². The highest BCUT2D eigenvalue weighted by Gasteiger charge is 2.36. The molecule has 0 N–H and O–H groups in total. The van der Waals surface area contributed by atoms with Gasteiger partial charge in [0.25, 0.3) is 0 Å². The number of aromatic nitrogens is 6. The molecule has 4 aromatic rings. The van der Waals surface area contributed by atoms with Crippen LogP contribution in [0, 0.1) is 6.92 Å². The molecule has 24 heavy (non-hydrogen) atoms. The third kappa shape index (κ3) is 2.56. The Bertz CT molecular complexity index is 1020. The van der Waals surface area contributed by atoms with Crippen molar-refractivity contribution in [1.82, 2.24) is 29.8 Å². The second-order valence-electron chi connectivity index (χ2n) is 4.79. The zero-order valence-corrected chi connectivity index (χ0v) is 14.3. The molecule has 0 amide bonds. The van der Waals surface area contributed by atoms with Crippen LogP contribution in [0.2, 0.25) is 0 Å². The Balaban J connectivity index is 1.81. The van der Waals surface area contributed by atoms with Crippen molar-refractivity contribution in [3.05, 3.63) is 36.0 Å². The fraction of sp³-hybridized carbons (Fsp3) is 0.154. The van der Waals surface area contributed by atoms with Crippen LogP contribution in [0.25, 0.3) is 25.4 Å². The van der Waals surface area contributed by atoms with E-state index in [2.05, 4.69) is 25.3 Å². The fourth-order valence-corrected chi connectivity index (χ4v) is 4.25. The molecule has 0 spiro atoms. The van der Waals surface area contributed by atoms with Crippen molar-refractivity contribution in [3.63, 3.8) is 0 Å². The standard InChI is InChI=1S/C13H7ClF2N6S2/c1-6-8(23-9(18-6)7-2-4-17-5-3-7)10-21-22-11(13(14,15)16)19-20-12(22)24-10/h2-5H,1H3. The number of hydrogen-bond acceptors (Lipinski definition) is 7. The number of fused-ring (bicyclic) bond motifs is 1. The van der Waals surface area contributed by atoms with E-state index in [0.29, 0.717) is 5.01 Å². The Hall–Kier alpha value is -2.04. The van der Waals surface area contributed by atoms with E-state index in [0.717, 1.165) is 37.0 Å². The highest BCUT2D eigenvalue weighted by Crippen LogP contribution is 2.38. The smallest absolute Gasteiger partial charge is 0.265 e. The zero-order chi connectivity index (χ0) is 16.9. The summed E-state index contributed by atoms with van der Waals surface area (Å²) in [7, 11) is 0. The lowest BCUT2D eigenvalue weighted by atomic mass is 10.3. The molecule has 0 fully saturated rings. The Labute approximate surface area is 146 Å². The van der Waals surface area contributed by atoms with Crippen molar-refractivity contribution in [3.8, 4) is 20.5 Å². The van der Waals surface area contributed by atoms with Gasteiger partial charge in [0.1, 0.15) is 5.01 Å². The van der Waals surface area contributed by atoms with E-state index in [9.17, 15) is 8.78 Å². The molecule has 4 heterocycles. The molecule has 0 atom stereocenters. The summed E-state index contributed by atoms with van der Waals surface area (Å²) in [5, 5.41) is 9.00. The van der Waals surface area contributed by atoms with Crippen LogP contribution in [0.3, 0.4) is 0 Å². The number of nitrogens with zero attached hydrogens (tertiary/aromatic N) is 6. The maximum Gasteiger partial charge on any atom is 0.383 e. The van der Waals surface area contributed by atoms with E-state index in [1.165, 1.54) is 11.3 Å². The van der Waals surface area contributed by atoms with Gasteiger partial charge in [0.2, 0.25) is 10.8 Å². The SMILES string of the molecule is Cc1nc(-c2ccncc2)sc1-c1nn2c(C(F)(F)Cl)nnc2s1. The number of pyridine rings is 1. The molecule has 0 aliphatic rings. The maximum absolute atomic E-state index is 13.3. The van der Waals surface area contributed by atoms with Gasteiger partial charge < -0.3 is 0 Å². The summed E-state index contributed by atoms with van der Waals surface area (Å²) in [6, 6.07) is 3.71. The molecule has 6 nitrogen and oxygen atoms in total. The molecule has 11 heteroatoms. The molecule has 4 aromatic heterocycles. The Morgan fingerprint density at radius 3 is 2.58 bits per heavy atom. The topological polar surface area (TPSA) is 68.9 Å². The summed E-state index contributed by atoms with van der Waals surface area (Å²) in [6.45, 7) is 1.84. The lowest BCUT2D eigenvalue weighted by molar-refractivity contribution is 0.0821. The monoisotopic (exact) mass is 384 g/mol. The molecule has 0 aliphatic heterocycles. The van der Waals surface area contributed by atoms with E-state index in [-0.39, 0.29) is 4.96 Å². The van der Waals surface area contributed by atoms with E-state index >= 15 is 0 Å². The number of rotatable bonds is 3. The number of halogens is 3. The average molecular weight is 385 g/mol. The maximum atomic E-state index is 13.3. The predicted octanol–water partition coefficient (Wildman–Crippen LogP) is 3.97. The molecule has 0 aromatic carbocycles. The van der Waals surface area contributed by atoms with Gasteiger partial charge in [-0.05, 0) is 30.7 Å². The van der Waals surface area contributed by atoms with Gasteiger partial charge in [-0.15, -0.1) is 21.5 Å². The average Bonchev–Trinajstić information content (AvgIpc) is 3.19. The first-order chi connectivity index (χ1) is 11.4. The van der Waals surface area contributed by atoms with Crippen LogP contribution in [-0.4, -0.2) is 29.8 Å². The van der Waals surface area contributed by atoms with Gasteiger partial charge in [0, 0.05) is 18.0 Å². The number of alkyl halides is 3. The highest BCUT2D eigenvalue weighted by molar-refractivity contribution is 7.25. The predicted molar refractivity (Wildman–Crippen MR) is 87.5 cm³/mol. The summed E-state index contributed by atoms with van der Waals surface area (Å²) in [5.74, 6) is -0.696. The van der Waals surface area contributed by atoms with E-state index in [4.69, 9.17) is 11.6 Å². The largest absolute Gasteiger partial charge is 0.383 e. The van der Waals surface area contributed by atoms with Gasteiger partial charge in [0.05, 0.1) is 10.6 Å². The second-order valence-corrected chi connectivity index (χ2v) is 7.22. The summed E-state index contributed by atoms with van der Waals surface area (Å²) in [6.07, 6.45) is 3.37. The van der Waals surface area contributed by atoms with Gasteiger partial charge in [-0.25, -0.2) is 4.98 Å². The van der Waals surface area contributed by atoms with Gasteiger partial charge in [-0.2, -0.15) is 18.4 Å². The van der Waals surface area contributed by atoms with Gasteiger partial charge in [-0.1, -0.05) is 11.3 Å². The van der Waals surface area contributed by atoms with Crippen molar-refractivity contribution in [2.75, 3.05) is 0 Å². The van der Waals surface area contributed by atoms with Crippen molar-refractivity contribution in [2.24, 2.45) is 0 Å². The number of thiazole rings is 1. The third-order valence-corrected chi connectivity index (χ3v) is 5.59. The van der Waals surface area contributed by atoms with Crippen LogP contribution in [-0.2, 0) is 5.38 Å². The molecule has 0 saturated carbocycles. The Morgan fingerprint density at radius 1 is 1.12 bits per heavy atom. The third-order valence-electron chi connectivity index (χ3n) is 3.16. The Morgan fingerprint density at radius 2 is 1.88 bits per heavy atom. The summed E-state index contributed by atoms with van der Waals surface area (Å²) < 4.78 is 27.6. The fourth-order valence-electron chi connectivity index (χ4n) is 2.10. The Kier molecular flexibility index (Phi) is 3.55. The molecule has 0 bridgehead atoms. The van der Waals surface area contributed by atoms with Gasteiger partial charge in [0.15, 0.2) is 5.01 Å². The lowest BCUT2D eigenvalue weighted by Gasteiger charge is -2.01. The first-order valence-electron chi connectivity index (χ1n) is 6.61. The van der Waals surface area contributed by atoms with Crippen molar-refractivity contribution < 1.29 is 8.78 Å². The second kappa shape index (κ2) is 5.50. The van der Waals surface area contributed by atoms with Gasteiger partial charge in [-0.3, -0.25) is 4.98 Å².